The Labute approximate surface area is 141 Å². The van der Waals surface area contributed by atoms with Gasteiger partial charge in [-0.05, 0) is 59.0 Å². The first-order valence-electron chi connectivity index (χ1n) is 8.40. The summed E-state index contributed by atoms with van der Waals surface area (Å²) in [6, 6.07) is 4.18. The molecular weight excluding hydrogens is 310 g/mol. The standard InChI is InChI=1S/C18H24F2N4/c1-12(22-15-6-8-23(3)9-7-15)16-11-21-24(13(16)2)18-5-4-14(19)10-17(18)20/h4-5,10-12,15,22H,6-9H2,1-3H3/t12-/m0/s1. The maximum atomic E-state index is 14.0. The number of piperidine rings is 1. The Hall–Kier alpha value is -1.79. The van der Waals surface area contributed by atoms with E-state index >= 15 is 0 Å². The van der Waals surface area contributed by atoms with E-state index in [1.165, 1.54) is 16.8 Å². The average molecular weight is 334 g/mol. The van der Waals surface area contributed by atoms with E-state index in [-0.39, 0.29) is 11.7 Å². The quantitative estimate of drug-likeness (QED) is 0.932. The van der Waals surface area contributed by atoms with Gasteiger partial charge in [-0.1, -0.05) is 0 Å². The molecule has 0 saturated carbocycles. The predicted molar refractivity (Wildman–Crippen MR) is 90.3 cm³/mol. The van der Waals surface area contributed by atoms with Gasteiger partial charge in [-0.25, -0.2) is 13.5 Å². The van der Waals surface area contributed by atoms with Gasteiger partial charge in [0.25, 0.3) is 0 Å². The first-order chi connectivity index (χ1) is 11.5. The van der Waals surface area contributed by atoms with Gasteiger partial charge < -0.3 is 10.2 Å². The molecule has 1 fully saturated rings. The molecule has 0 unspecified atom stereocenters. The fraction of sp³-hybridized carbons (Fsp3) is 0.500. The molecule has 4 nitrogen and oxygen atoms in total. The summed E-state index contributed by atoms with van der Waals surface area (Å²) in [6.45, 7) is 6.22. The van der Waals surface area contributed by atoms with Crippen LogP contribution < -0.4 is 5.32 Å². The summed E-state index contributed by atoms with van der Waals surface area (Å²) in [6.07, 6.45) is 4.02. The Morgan fingerprint density at radius 2 is 1.96 bits per heavy atom. The summed E-state index contributed by atoms with van der Waals surface area (Å²) in [5.41, 5.74) is 2.18. The third-order valence-corrected chi connectivity index (χ3v) is 4.86. The van der Waals surface area contributed by atoms with Crippen LogP contribution in [0.15, 0.2) is 24.4 Å². The second-order valence-corrected chi connectivity index (χ2v) is 6.66. The van der Waals surface area contributed by atoms with Gasteiger partial charge in [-0.3, -0.25) is 0 Å². The van der Waals surface area contributed by atoms with Crippen LogP contribution in [-0.4, -0.2) is 40.9 Å². The monoisotopic (exact) mass is 334 g/mol. The van der Waals surface area contributed by atoms with E-state index in [2.05, 4.69) is 29.3 Å². The number of hydrogen-bond acceptors (Lipinski definition) is 3. The van der Waals surface area contributed by atoms with Crippen LogP contribution >= 0.6 is 0 Å². The molecule has 0 bridgehead atoms. The van der Waals surface area contributed by atoms with Gasteiger partial charge >= 0.3 is 0 Å². The minimum Gasteiger partial charge on any atom is -0.307 e. The molecule has 1 aliphatic heterocycles. The molecule has 1 aliphatic rings. The summed E-state index contributed by atoms with van der Waals surface area (Å²) < 4.78 is 28.7. The topological polar surface area (TPSA) is 33.1 Å². The Kier molecular flexibility index (Phi) is 4.96. The highest BCUT2D eigenvalue weighted by Crippen LogP contribution is 2.23. The fourth-order valence-corrected chi connectivity index (χ4v) is 3.36. The van der Waals surface area contributed by atoms with E-state index in [9.17, 15) is 8.78 Å². The van der Waals surface area contributed by atoms with Gasteiger partial charge in [0.15, 0.2) is 5.82 Å². The van der Waals surface area contributed by atoms with Crippen LogP contribution in [0.3, 0.4) is 0 Å². The summed E-state index contributed by atoms with van der Waals surface area (Å²) in [5.74, 6) is -1.19. The fourth-order valence-electron chi connectivity index (χ4n) is 3.36. The number of hydrogen-bond donors (Lipinski definition) is 1. The molecule has 0 aliphatic carbocycles. The van der Waals surface area contributed by atoms with Gasteiger partial charge in [0.05, 0.1) is 6.20 Å². The molecule has 3 rings (SSSR count). The largest absolute Gasteiger partial charge is 0.307 e. The van der Waals surface area contributed by atoms with E-state index in [1.54, 1.807) is 6.20 Å². The highest BCUT2D eigenvalue weighted by atomic mass is 19.1. The average Bonchev–Trinajstić information content (AvgIpc) is 2.91. The molecular formula is C18H24F2N4. The summed E-state index contributed by atoms with van der Waals surface area (Å²) in [4.78, 5) is 2.34. The highest BCUT2D eigenvalue weighted by molar-refractivity contribution is 5.37. The number of nitrogens with one attached hydrogen (secondary N) is 1. The van der Waals surface area contributed by atoms with E-state index < -0.39 is 11.6 Å². The van der Waals surface area contributed by atoms with Crippen LogP contribution in [0.1, 0.15) is 37.1 Å². The number of nitrogens with zero attached hydrogens (tertiary/aromatic N) is 3. The maximum absolute atomic E-state index is 14.0. The minimum absolute atomic E-state index is 0.135. The van der Waals surface area contributed by atoms with Crippen molar-refractivity contribution in [3.05, 3.63) is 47.3 Å². The van der Waals surface area contributed by atoms with Crippen molar-refractivity contribution in [1.29, 1.82) is 0 Å². The minimum atomic E-state index is -0.608. The van der Waals surface area contributed by atoms with Gasteiger partial charge in [-0.2, -0.15) is 5.10 Å². The molecule has 1 aromatic heterocycles. The zero-order valence-electron chi connectivity index (χ0n) is 14.4. The smallest absolute Gasteiger partial charge is 0.151 e. The molecule has 1 atom stereocenters. The molecule has 2 aromatic rings. The van der Waals surface area contributed by atoms with Crippen LogP contribution in [0, 0.1) is 18.6 Å². The Morgan fingerprint density at radius 3 is 2.62 bits per heavy atom. The first-order valence-corrected chi connectivity index (χ1v) is 8.40. The van der Waals surface area contributed by atoms with Crippen molar-refractivity contribution >= 4 is 0 Å². The molecule has 2 heterocycles. The SMILES string of the molecule is Cc1c([C@H](C)NC2CCN(C)CC2)cnn1-c1ccc(F)cc1F. The zero-order chi connectivity index (χ0) is 17.3. The number of aromatic nitrogens is 2. The van der Waals surface area contributed by atoms with Crippen molar-refractivity contribution in [2.24, 2.45) is 0 Å². The summed E-state index contributed by atoms with van der Waals surface area (Å²) in [5, 5.41) is 7.96. The van der Waals surface area contributed by atoms with Crippen LogP contribution in [0.4, 0.5) is 8.78 Å². The van der Waals surface area contributed by atoms with Gasteiger partial charge in [0.2, 0.25) is 0 Å². The van der Waals surface area contributed by atoms with Crippen molar-refractivity contribution < 1.29 is 8.78 Å². The van der Waals surface area contributed by atoms with Crippen molar-refractivity contribution in [3.63, 3.8) is 0 Å². The van der Waals surface area contributed by atoms with Crippen molar-refractivity contribution in [2.45, 2.75) is 38.8 Å². The molecule has 1 saturated heterocycles. The van der Waals surface area contributed by atoms with E-state index in [4.69, 9.17) is 0 Å². The zero-order valence-corrected chi connectivity index (χ0v) is 14.4. The van der Waals surface area contributed by atoms with Crippen LogP contribution in [-0.2, 0) is 0 Å². The van der Waals surface area contributed by atoms with Crippen molar-refractivity contribution in [3.8, 4) is 5.69 Å². The first kappa shape index (κ1) is 17.0. The third-order valence-electron chi connectivity index (χ3n) is 4.86. The van der Waals surface area contributed by atoms with Crippen LogP contribution in [0.2, 0.25) is 0 Å². The molecule has 0 spiro atoms. The van der Waals surface area contributed by atoms with Gasteiger partial charge in [-0.15, -0.1) is 0 Å². The second kappa shape index (κ2) is 6.99. The lowest BCUT2D eigenvalue weighted by Gasteiger charge is -2.31. The van der Waals surface area contributed by atoms with Gasteiger partial charge in [0, 0.05) is 29.4 Å². The second-order valence-electron chi connectivity index (χ2n) is 6.66. The highest BCUT2D eigenvalue weighted by Gasteiger charge is 2.21. The summed E-state index contributed by atoms with van der Waals surface area (Å²) >= 11 is 0. The lowest BCUT2D eigenvalue weighted by Crippen LogP contribution is -2.41. The number of halogens is 2. The van der Waals surface area contributed by atoms with E-state index in [0.29, 0.717) is 6.04 Å². The molecule has 130 valence electrons. The van der Waals surface area contributed by atoms with Crippen LogP contribution in [0.25, 0.3) is 5.69 Å². The lowest BCUT2D eigenvalue weighted by molar-refractivity contribution is 0.226. The molecule has 24 heavy (non-hydrogen) atoms. The normalized spacial score (nSPS) is 18.0. The Bertz CT molecular complexity index is 705. The number of likely N-dealkylation sites (tertiary alicyclic amines) is 1. The number of rotatable bonds is 4. The molecule has 0 radical (unpaired) electrons. The maximum Gasteiger partial charge on any atom is 0.151 e. The lowest BCUT2D eigenvalue weighted by atomic mass is 10.0. The van der Waals surface area contributed by atoms with Crippen molar-refractivity contribution in [2.75, 3.05) is 20.1 Å². The predicted octanol–water partition coefficient (Wildman–Crippen LogP) is 3.20. The van der Waals surface area contributed by atoms with Gasteiger partial charge in [0.1, 0.15) is 11.5 Å². The Balaban J connectivity index is 1.76. The molecule has 1 N–H and O–H groups in total. The third kappa shape index (κ3) is 3.49. The number of benzene rings is 1. The van der Waals surface area contributed by atoms with E-state index in [0.717, 1.165) is 43.3 Å². The summed E-state index contributed by atoms with van der Waals surface area (Å²) in [7, 11) is 2.14. The van der Waals surface area contributed by atoms with Crippen molar-refractivity contribution in [1.82, 2.24) is 20.0 Å². The molecule has 0 amide bonds. The Morgan fingerprint density at radius 1 is 1.25 bits per heavy atom. The molecule has 6 heteroatoms. The molecule has 1 aromatic carbocycles. The van der Waals surface area contributed by atoms with Crippen LogP contribution in [0.5, 0.6) is 0 Å². The van der Waals surface area contributed by atoms with E-state index in [1.807, 2.05) is 6.92 Å².